The number of aryl methyl sites for hydroxylation is 1. The minimum Gasteiger partial charge on any atom is -0.376 e. The molecule has 25 heavy (non-hydrogen) atoms. The van der Waals surface area contributed by atoms with Gasteiger partial charge in [-0.25, -0.2) is 0 Å². The Hall–Kier alpha value is -1.44. The number of thiophene rings is 1. The summed E-state index contributed by atoms with van der Waals surface area (Å²) >= 11 is 1.53. The SMILES string of the molecule is CCN1CCC(NC(=O)[C@@H]2CO[C@H](CNC(=O)c3cscc3C)C2)C1. The van der Waals surface area contributed by atoms with E-state index in [1.54, 1.807) is 0 Å². The molecule has 2 aliphatic rings. The highest BCUT2D eigenvalue weighted by Crippen LogP contribution is 2.21. The van der Waals surface area contributed by atoms with Gasteiger partial charge in [-0.3, -0.25) is 9.59 Å². The van der Waals surface area contributed by atoms with Crippen LogP contribution in [0.5, 0.6) is 0 Å². The predicted octanol–water partition coefficient (Wildman–Crippen LogP) is 1.40. The van der Waals surface area contributed by atoms with Crippen molar-refractivity contribution in [1.29, 1.82) is 0 Å². The van der Waals surface area contributed by atoms with Gasteiger partial charge in [0.2, 0.25) is 5.91 Å². The molecule has 3 heterocycles. The van der Waals surface area contributed by atoms with E-state index in [2.05, 4.69) is 22.5 Å². The van der Waals surface area contributed by atoms with Crippen molar-refractivity contribution in [3.63, 3.8) is 0 Å². The fourth-order valence-electron chi connectivity index (χ4n) is 3.48. The standard InChI is InChI=1S/C18H27N3O3S/c1-3-21-5-4-14(8-21)20-17(22)13-6-15(24-9-13)7-19-18(23)16-11-25-10-12(16)2/h10-11,13-15H,3-9H2,1-2H3,(H,19,23)(H,20,22)/t13-,14?,15-/m0/s1. The summed E-state index contributed by atoms with van der Waals surface area (Å²) in [6.45, 7) is 7.99. The first kappa shape index (κ1) is 18.4. The number of carbonyl (C=O) groups is 2. The Bertz CT molecular complexity index is 618. The Kier molecular flexibility index (Phi) is 6.09. The number of amides is 2. The van der Waals surface area contributed by atoms with Gasteiger partial charge in [0, 0.05) is 31.1 Å². The summed E-state index contributed by atoms with van der Waals surface area (Å²) in [5.74, 6) is -0.0909. The second kappa shape index (κ2) is 8.29. The first-order chi connectivity index (χ1) is 12.1. The van der Waals surface area contributed by atoms with Crippen molar-refractivity contribution >= 4 is 23.2 Å². The number of likely N-dealkylation sites (N-methyl/N-ethyl adjacent to an activating group) is 1. The summed E-state index contributed by atoms with van der Waals surface area (Å²) < 4.78 is 5.71. The Balaban J connectivity index is 1.40. The number of carbonyl (C=O) groups excluding carboxylic acids is 2. The Labute approximate surface area is 152 Å². The summed E-state index contributed by atoms with van der Waals surface area (Å²) in [5, 5.41) is 9.89. The lowest BCUT2D eigenvalue weighted by molar-refractivity contribution is -0.125. The monoisotopic (exact) mass is 365 g/mol. The third kappa shape index (κ3) is 4.59. The Morgan fingerprint density at radius 3 is 2.92 bits per heavy atom. The lowest BCUT2D eigenvalue weighted by atomic mass is 10.0. The van der Waals surface area contributed by atoms with Crippen LogP contribution in [-0.2, 0) is 9.53 Å². The molecule has 1 aromatic rings. The van der Waals surface area contributed by atoms with Crippen molar-refractivity contribution in [3.05, 3.63) is 21.9 Å². The molecule has 0 aliphatic carbocycles. The van der Waals surface area contributed by atoms with Crippen LogP contribution in [0.4, 0.5) is 0 Å². The molecule has 0 saturated carbocycles. The van der Waals surface area contributed by atoms with Crippen molar-refractivity contribution in [2.75, 3.05) is 32.8 Å². The molecule has 2 aliphatic heterocycles. The third-order valence-corrected chi connectivity index (χ3v) is 5.97. The van der Waals surface area contributed by atoms with E-state index < -0.39 is 0 Å². The Morgan fingerprint density at radius 2 is 2.24 bits per heavy atom. The van der Waals surface area contributed by atoms with Crippen LogP contribution in [0.25, 0.3) is 0 Å². The largest absolute Gasteiger partial charge is 0.376 e. The zero-order chi connectivity index (χ0) is 17.8. The van der Waals surface area contributed by atoms with Crippen LogP contribution in [-0.4, -0.2) is 61.6 Å². The minimum atomic E-state index is -0.111. The average molecular weight is 365 g/mol. The predicted molar refractivity (Wildman–Crippen MR) is 97.9 cm³/mol. The molecule has 0 bridgehead atoms. The third-order valence-electron chi connectivity index (χ3n) is 5.11. The van der Waals surface area contributed by atoms with Gasteiger partial charge in [-0.2, -0.15) is 11.3 Å². The van der Waals surface area contributed by atoms with E-state index in [9.17, 15) is 9.59 Å². The number of ether oxygens (including phenoxy) is 1. The highest BCUT2D eigenvalue weighted by atomic mass is 32.1. The van der Waals surface area contributed by atoms with E-state index in [0.29, 0.717) is 19.6 Å². The quantitative estimate of drug-likeness (QED) is 0.800. The molecule has 2 amide bonds. The van der Waals surface area contributed by atoms with E-state index in [1.807, 2.05) is 17.7 Å². The highest BCUT2D eigenvalue weighted by Gasteiger charge is 2.33. The maximum atomic E-state index is 12.4. The van der Waals surface area contributed by atoms with E-state index in [4.69, 9.17) is 4.74 Å². The zero-order valence-corrected chi connectivity index (χ0v) is 15.7. The van der Waals surface area contributed by atoms with Crippen LogP contribution in [0.2, 0.25) is 0 Å². The number of likely N-dealkylation sites (tertiary alicyclic amines) is 1. The number of hydrogen-bond donors (Lipinski definition) is 2. The fourth-order valence-corrected chi connectivity index (χ4v) is 4.31. The first-order valence-corrected chi connectivity index (χ1v) is 9.96. The molecule has 2 fully saturated rings. The maximum absolute atomic E-state index is 12.4. The molecule has 3 atom stereocenters. The molecule has 0 spiro atoms. The van der Waals surface area contributed by atoms with E-state index in [1.165, 1.54) is 11.3 Å². The van der Waals surface area contributed by atoms with Crippen molar-refractivity contribution in [2.45, 2.75) is 38.8 Å². The molecule has 3 rings (SSSR count). The Morgan fingerprint density at radius 1 is 1.40 bits per heavy atom. The fraction of sp³-hybridized carbons (Fsp3) is 0.667. The van der Waals surface area contributed by atoms with Gasteiger partial charge in [0.05, 0.1) is 24.2 Å². The van der Waals surface area contributed by atoms with Crippen LogP contribution < -0.4 is 10.6 Å². The molecular weight excluding hydrogens is 338 g/mol. The van der Waals surface area contributed by atoms with Gasteiger partial charge in [0.25, 0.3) is 5.91 Å². The molecule has 0 aromatic carbocycles. The molecule has 0 radical (unpaired) electrons. The van der Waals surface area contributed by atoms with Crippen LogP contribution >= 0.6 is 11.3 Å². The van der Waals surface area contributed by atoms with Gasteiger partial charge < -0.3 is 20.3 Å². The van der Waals surface area contributed by atoms with Gasteiger partial charge >= 0.3 is 0 Å². The molecule has 7 heteroatoms. The molecule has 138 valence electrons. The lowest BCUT2D eigenvalue weighted by Gasteiger charge is -2.16. The number of rotatable bonds is 6. The number of nitrogens with zero attached hydrogens (tertiary/aromatic N) is 1. The number of nitrogens with one attached hydrogen (secondary N) is 2. The van der Waals surface area contributed by atoms with E-state index in [-0.39, 0.29) is 29.9 Å². The van der Waals surface area contributed by atoms with Crippen molar-refractivity contribution in [3.8, 4) is 0 Å². The van der Waals surface area contributed by atoms with Crippen LogP contribution in [0.3, 0.4) is 0 Å². The van der Waals surface area contributed by atoms with Crippen LogP contribution in [0.1, 0.15) is 35.7 Å². The molecule has 1 unspecified atom stereocenters. The van der Waals surface area contributed by atoms with Gasteiger partial charge in [-0.1, -0.05) is 6.92 Å². The molecule has 2 saturated heterocycles. The first-order valence-electron chi connectivity index (χ1n) is 9.02. The summed E-state index contributed by atoms with van der Waals surface area (Å²) in [6.07, 6.45) is 1.60. The lowest BCUT2D eigenvalue weighted by Crippen LogP contribution is -2.41. The van der Waals surface area contributed by atoms with Gasteiger partial charge in [-0.15, -0.1) is 0 Å². The summed E-state index contributed by atoms with van der Waals surface area (Å²) in [5.41, 5.74) is 1.71. The smallest absolute Gasteiger partial charge is 0.252 e. The van der Waals surface area contributed by atoms with Gasteiger partial charge in [0.15, 0.2) is 0 Å². The topological polar surface area (TPSA) is 70.7 Å². The normalized spacial score (nSPS) is 26.7. The van der Waals surface area contributed by atoms with Crippen LogP contribution in [0.15, 0.2) is 10.8 Å². The van der Waals surface area contributed by atoms with Crippen molar-refractivity contribution in [2.24, 2.45) is 5.92 Å². The maximum Gasteiger partial charge on any atom is 0.252 e. The summed E-state index contributed by atoms with van der Waals surface area (Å²) in [7, 11) is 0. The second-order valence-electron chi connectivity index (χ2n) is 6.95. The van der Waals surface area contributed by atoms with Crippen molar-refractivity contribution in [1.82, 2.24) is 15.5 Å². The van der Waals surface area contributed by atoms with Crippen LogP contribution in [0, 0.1) is 12.8 Å². The van der Waals surface area contributed by atoms with E-state index in [0.717, 1.165) is 37.2 Å². The molecule has 2 N–H and O–H groups in total. The minimum absolute atomic E-state index is 0.0686. The van der Waals surface area contributed by atoms with Gasteiger partial charge in [0.1, 0.15) is 0 Å². The highest BCUT2D eigenvalue weighted by molar-refractivity contribution is 7.08. The van der Waals surface area contributed by atoms with Gasteiger partial charge in [-0.05, 0) is 37.3 Å². The van der Waals surface area contributed by atoms with Crippen molar-refractivity contribution < 1.29 is 14.3 Å². The van der Waals surface area contributed by atoms with E-state index >= 15 is 0 Å². The zero-order valence-electron chi connectivity index (χ0n) is 14.9. The average Bonchev–Trinajstić information content (AvgIpc) is 3.33. The molecule has 1 aromatic heterocycles. The molecular formula is C18H27N3O3S. The summed E-state index contributed by atoms with van der Waals surface area (Å²) in [4.78, 5) is 26.9. The molecule has 6 nitrogen and oxygen atoms in total. The number of hydrogen-bond acceptors (Lipinski definition) is 5. The summed E-state index contributed by atoms with van der Waals surface area (Å²) in [6, 6.07) is 0.257. The second-order valence-corrected chi connectivity index (χ2v) is 7.70.